The Morgan fingerprint density at radius 2 is 2.06 bits per heavy atom. The maximum atomic E-state index is 11.7. The van der Waals surface area contributed by atoms with Gasteiger partial charge in [-0.1, -0.05) is 6.58 Å². The standard InChI is InChI=1S/C23H28N6OS/c1-2-19(30)12-15-6-8-16(9-7-15)25-22-21-20(10-11-31-21)27-23(28-22)26-17-13-24-29(14-17)18-4-3-5-18/h2,10-11,13-16,18H,1,3-9,12H2,(H2,25,26,27,28). The average Bonchev–Trinajstić information content (AvgIpc) is 3.38. The van der Waals surface area contributed by atoms with Crippen LogP contribution in [-0.4, -0.2) is 31.6 Å². The van der Waals surface area contributed by atoms with Gasteiger partial charge in [-0.15, -0.1) is 11.3 Å². The summed E-state index contributed by atoms with van der Waals surface area (Å²) in [5, 5.41) is 13.5. The molecule has 3 heterocycles. The van der Waals surface area contributed by atoms with E-state index in [1.807, 2.05) is 23.1 Å². The van der Waals surface area contributed by atoms with Crippen LogP contribution in [0, 0.1) is 5.92 Å². The lowest BCUT2D eigenvalue weighted by Crippen LogP contribution is -2.27. The third-order valence-electron chi connectivity index (χ3n) is 6.52. The second-order valence-electron chi connectivity index (χ2n) is 8.69. The van der Waals surface area contributed by atoms with Crippen LogP contribution in [-0.2, 0) is 4.79 Å². The fourth-order valence-electron chi connectivity index (χ4n) is 4.47. The number of aromatic nitrogens is 4. The summed E-state index contributed by atoms with van der Waals surface area (Å²) in [6.07, 6.45) is 13.9. The number of ketones is 1. The molecule has 0 bridgehead atoms. The Hall–Kier alpha value is -2.74. The van der Waals surface area contributed by atoms with E-state index in [1.165, 1.54) is 25.3 Å². The Bertz CT molecular complexity index is 1080. The van der Waals surface area contributed by atoms with Gasteiger partial charge in [-0.25, -0.2) is 4.98 Å². The van der Waals surface area contributed by atoms with Gasteiger partial charge in [0.25, 0.3) is 0 Å². The lowest BCUT2D eigenvalue weighted by molar-refractivity contribution is -0.115. The summed E-state index contributed by atoms with van der Waals surface area (Å²) in [5.74, 6) is 2.11. The predicted octanol–water partition coefficient (Wildman–Crippen LogP) is 5.47. The molecule has 3 aromatic rings. The zero-order valence-corrected chi connectivity index (χ0v) is 18.4. The number of anilines is 3. The molecule has 0 atom stereocenters. The molecule has 0 unspecified atom stereocenters. The highest BCUT2D eigenvalue weighted by Gasteiger charge is 2.24. The van der Waals surface area contributed by atoms with Gasteiger partial charge in [0, 0.05) is 18.7 Å². The Morgan fingerprint density at radius 3 is 2.81 bits per heavy atom. The molecule has 0 radical (unpaired) electrons. The lowest BCUT2D eigenvalue weighted by Gasteiger charge is -2.29. The number of rotatable bonds is 8. The lowest BCUT2D eigenvalue weighted by atomic mass is 9.83. The normalized spacial score (nSPS) is 21.5. The zero-order chi connectivity index (χ0) is 21.2. The van der Waals surface area contributed by atoms with E-state index in [1.54, 1.807) is 11.3 Å². The molecule has 31 heavy (non-hydrogen) atoms. The first-order valence-corrected chi connectivity index (χ1v) is 12.0. The third-order valence-corrected chi connectivity index (χ3v) is 7.43. The Labute approximate surface area is 186 Å². The van der Waals surface area contributed by atoms with Crippen molar-refractivity contribution in [3.05, 3.63) is 36.5 Å². The van der Waals surface area contributed by atoms with Gasteiger partial charge in [0.15, 0.2) is 5.78 Å². The molecule has 0 spiro atoms. The average molecular weight is 437 g/mol. The zero-order valence-electron chi connectivity index (χ0n) is 17.6. The molecule has 0 aromatic carbocycles. The molecule has 2 N–H and O–H groups in total. The number of carbonyl (C=O) groups is 1. The Morgan fingerprint density at radius 1 is 1.23 bits per heavy atom. The van der Waals surface area contributed by atoms with E-state index >= 15 is 0 Å². The second-order valence-corrected chi connectivity index (χ2v) is 9.60. The van der Waals surface area contributed by atoms with Crippen LogP contribution < -0.4 is 10.6 Å². The van der Waals surface area contributed by atoms with E-state index in [9.17, 15) is 4.79 Å². The van der Waals surface area contributed by atoms with Crippen LogP contribution in [0.1, 0.15) is 57.4 Å². The minimum absolute atomic E-state index is 0.156. The number of hydrogen-bond donors (Lipinski definition) is 2. The Balaban J connectivity index is 1.28. The van der Waals surface area contributed by atoms with Gasteiger partial charge in [-0.2, -0.15) is 10.1 Å². The molecule has 8 heteroatoms. The minimum atomic E-state index is 0.156. The number of nitrogens with zero attached hydrogens (tertiary/aromatic N) is 4. The second kappa shape index (κ2) is 8.78. The Kier molecular flexibility index (Phi) is 5.72. The number of thiophene rings is 1. The van der Waals surface area contributed by atoms with Gasteiger partial charge in [-0.05, 0) is 68.4 Å². The van der Waals surface area contributed by atoms with E-state index < -0.39 is 0 Å². The van der Waals surface area contributed by atoms with E-state index in [4.69, 9.17) is 9.97 Å². The predicted molar refractivity (Wildman–Crippen MR) is 125 cm³/mol. The van der Waals surface area contributed by atoms with Crippen LogP contribution in [0.5, 0.6) is 0 Å². The van der Waals surface area contributed by atoms with Crippen molar-refractivity contribution in [1.82, 2.24) is 19.7 Å². The van der Waals surface area contributed by atoms with Gasteiger partial charge in [0.05, 0.1) is 28.1 Å². The number of carbonyl (C=O) groups excluding carboxylic acids is 1. The number of nitrogens with one attached hydrogen (secondary N) is 2. The summed E-state index contributed by atoms with van der Waals surface area (Å²) >= 11 is 1.66. The van der Waals surface area contributed by atoms with Crippen molar-refractivity contribution in [3.63, 3.8) is 0 Å². The van der Waals surface area contributed by atoms with Crippen LogP contribution >= 0.6 is 11.3 Å². The molecule has 3 aromatic heterocycles. The molecule has 7 nitrogen and oxygen atoms in total. The largest absolute Gasteiger partial charge is 0.366 e. The van der Waals surface area contributed by atoms with Gasteiger partial charge in [-0.3, -0.25) is 9.48 Å². The molecule has 0 saturated heterocycles. The van der Waals surface area contributed by atoms with Crippen molar-refractivity contribution >= 4 is 44.8 Å². The summed E-state index contributed by atoms with van der Waals surface area (Å²) in [5.41, 5.74) is 1.86. The quantitative estimate of drug-likeness (QED) is 0.455. The molecular formula is C23H28N6OS. The monoisotopic (exact) mass is 436 g/mol. The summed E-state index contributed by atoms with van der Waals surface area (Å²) in [7, 11) is 0. The maximum absolute atomic E-state index is 11.7. The van der Waals surface area contributed by atoms with Gasteiger partial charge >= 0.3 is 0 Å². The fourth-order valence-corrected chi connectivity index (χ4v) is 5.26. The first-order valence-electron chi connectivity index (χ1n) is 11.2. The highest BCUT2D eigenvalue weighted by Crippen LogP contribution is 2.34. The first kappa shape index (κ1) is 20.2. The van der Waals surface area contributed by atoms with E-state index in [2.05, 4.69) is 27.7 Å². The molecule has 5 rings (SSSR count). The van der Waals surface area contributed by atoms with Crippen LogP contribution in [0.4, 0.5) is 17.5 Å². The molecule has 2 saturated carbocycles. The summed E-state index contributed by atoms with van der Waals surface area (Å²) in [4.78, 5) is 21.1. The van der Waals surface area contributed by atoms with Gasteiger partial charge < -0.3 is 10.6 Å². The van der Waals surface area contributed by atoms with Crippen molar-refractivity contribution in [2.75, 3.05) is 10.6 Å². The third kappa shape index (κ3) is 4.49. The van der Waals surface area contributed by atoms with Gasteiger partial charge in [0.2, 0.25) is 5.95 Å². The van der Waals surface area contributed by atoms with Crippen molar-refractivity contribution in [2.45, 2.75) is 63.5 Å². The smallest absolute Gasteiger partial charge is 0.229 e. The summed E-state index contributed by atoms with van der Waals surface area (Å²) in [6.45, 7) is 3.59. The van der Waals surface area contributed by atoms with E-state index in [-0.39, 0.29) is 5.78 Å². The highest BCUT2D eigenvalue weighted by molar-refractivity contribution is 7.17. The SMILES string of the molecule is C=CC(=O)CC1CCC(Nc2nc(Nc3cnn(C4CCC4)c3)nc3ccsc23)CC1. The maximum Gasteiger partial charge on any atom is 0.229 e. The summed E-state index contributed by atoms with van der Waals surface area (Å²) < 4.78 is 3.13. The molecule has 0 aliphatic heterocycles. The van der Waals surface area contributed by atoms with E-state index in [0.29, 0.717) is 30.4 Å². The van der Waals surface area contributed by atoms with Crippen LogP contribution in [0.25, 0.3) is 10.2 Å². The fraction of sp³-hybridized carbons (Fsp3) is 0.478. The topological polar surface area (TPSA) is 84.7 Å². The number of allylic oxidation sites excluding steroid dienone is 1. The molecule has 2 aliphatic rings. The number of hydrogen-bond acceptors (Lipinski definition) is 7. The number of fused-ring (bicyclic) bond motifs is 1. The molecular weight excluding hydrogens is 408 g/mol. The first-order chi connectivity index (χ1) is 15.2. The van der Waals surface area contributed by atoms with Crippen LogP contribution in [0.15, 0.2) is 36.5 Å². The summed E-state index contributed by atoms with van der Waals surface area (Å²) in [6, 6.07) is 2.93. The van der Waals surface area contributed by atoms with Crippen molar-refractivity contribution < 1.29 is 4.79 Å². The highest BCUT2D eigenvalue weighted by atomic mass is 32.1. The molecule has 2 fully saturated rings. The molecule has 2 aliphatic carbocycles. The molecule has 162 valence electrons. The van der Waals surface area contributed by atoms with Gasteiger partial charge in [0.1, 0.15) is 5.82 Å². The van der Waals surface area contributed by atoms with E-state index in [0.717, 1.165) is 47.4 Å². The van der Waals surface area contributed by atoms with Crippen LogP contribution in [0.3, 0.4) is 0 Å². The van der Waals surface area contributed by atoms with Crippen molar-refractivity contribution in [3.8, 4) is 0 Å². The van der Waals surface area contributed by atoms with Crippen LogP contribution in [0.2, 0.25) is 0 Å². The van der Waals surface area contributed by atoms with Crippen molar-refractivity contribution in [2.24, 2.45) is 5.92 Å². The van der Waals surface area contributed by atoms with Crippen molar-refractivity contribution in [1.29, 1.82) is 0 Å². The molecule has 0 amide bonds. The minimum Gasteiger partial charge on any atom is -0.366 e.